The molecule has 0 saturated carbocycles. The number of fused-ring (bicyclic) bond motifs is 1. The first-order valence-electron chi connectivity index (χ1n) is 7.68. The molecule has 0 unspecified atom stereocenters. The molecule has 4 heteroatoms. The van der Waals surface area contributed by atoms with E-state index in [0.717, 1.165) is 37.0 Å². The summed E-state index contributed by atoms with van der Waals surface area (Å²) in [6.45, 7) is 4.37. The van der Waals surface area contributed by atoms with Gasteiger partial charge in [-0.15, -0.1) is 11.3 Å². The van der Waals surface area contributed by atoms with Gasteiger partial charge in [0, 0.05) is 37.1 Å². The summed E-state index contributed by atoms with van der Waals surface area (Å²) < 4.78 is 0. The van der Waals surface area contributed by atoms with E-state index in [1.807, 2.05) is 0 Å². The summed E-state index contributed by atoms with van der Waals surface area (Å²) in [4.78, 5) is 9.63. The van der Waals surface area contributed by atoms with Crippen LogP contribution in [-0.4, -0.2) is 43.1 Å². The van der Waals surface area contributed by atoms with E-state index in [2.05, 4.69) is 64.7 Å². The Morgan fingerprint density at radius 3 is 2.55 bits per heavy atom. The lowest BCUT2D eigenvalue weighted by molar-refractivity contribution is 0.313. The van der Waals surface area contributed by atoms with Crippen LogP contribution < -0.4 is 4.90 Å². The number of benzene rings is 2. The second-order valence-electron chi connectivity index (χ2n) is 5.87. The zero-order valence-electron chi connectivity index (χ0n) is 12.7. The topological polar surface area (TPSA) is 19.4 Å². The molecule has 0 atom stereocenters. The van der Waals surface area contributed by atoms with Crippen LogP contribution in [0.4, 0.5) is 5.13 Å². The molecule has 1 aliphatic heterocycles. The van der Waals surface area contributed by atoms with E-state index >= 15 is 0 Å². The van der Waals surface area contributed by atoms with Crippen LogP contribution in [0, 0.1) is 0 Å². The third kappa shape index (κ3) is 2.60. The van der Waals surface area contributed by atoms with Gasteiger partial charge in [-0.05, 0) is 23.9 Å². The van der Waals surface area contributed by atoms with Crippen molar-refractivity contribution in [2.24, 2.45) is 0 Å². The lowest BCUT2D eigenvalue weighted by Crippen LogP contribution is -2.44. The molecular formula is C18H19N3S. The molecule has 1 fully saturated rings. The molecule has 4 rings (SSSR count). The minimum absolute atomic E-state index is 1.07. The molecule has 3 nitrogen and oxygen atoms in total. The van der Waals surface area contributed by atoms with Crippen LogP contribution in [0.3, 0.4) is 0 Å². The van der Waals surface area contributed by atoms with E-state index in [-0.39, 0.29) is 0 Å². The second kappa shape index (κ2) is 5.71. The SMILES string of the molecule is CN1CCN(c2nc(-c3ccc4ccccc4c3)cs2)CC1. The Morgan fingerprint density at radius 1 is 0.955 bits per heavy atom. The zero-order chi connectivity index (χ0) is 14.9. The summed E-state index contributed by atoms with van der Waals surface area (Å²) in [6.07, 6.45) is 0. The molecule has 0 bridgehead atoms. The lowest BCUT2D eigenvalue weighted by Gasteiger charge is -2.32. The fraction of sp³-hybridized carbons (Fsp3) is 0.278. The van der Waals surface area contributed by atoms with Crippen molar-refractivity contribution in [1.82, 2.24) is 9.88 Å². The number of thiazole rings is 1. The molecule has 0 spiro atoms. The van der Waals surface area contributed by atoms with Crippen molar-refractivity contribution in [2.45, 2.75) is 0 Å². The largest absolute Gasteiger partial charge is 0.346 e. The monoisotopic (exact) mass is 309 g/mol. The highest BCUT2D eigenvalue weighted by molar-refractivity contribution is 7.14. The third-order valence-electron chi connectivity index (χ3n) is 4.31. The summed E-state index contributed by atoms with van der Waals surface area (Å²) in [6, 6.07) is 15.1. The highest BCUT2D eigenvalue weighted by Gasteiger charge is 2.17. The van der Waals surface area contributed by atoms with Gasteiger partial charge in [0.1, 0.15) is 0 Å². The average Bonchev–Trinajstić information content (AvgIpc) is 3.05. The average molecular weight is 309 g/mol. The van der Waals surface area contributed by atoms with Crippen molar-refractivity contribution >= 4 is 27.2 Å². The Hall–Kier alpha value is -1.91. The van der Waals surface area contributed by atoms with E-state index in [1.165, 1.54) is 16.3 Å². The number of anilines is 1. The predicted molar refractivity (Wildman–Crippen MR) is 94.8 cm³/mol. The number of likely N-dealkylation sites (N-methyl/N-ethyl adjacent to an activating group) is 1. The van der Waals surface area contributed by atoms with Crippen LogP contribution in [0.15, 0.2) is 47.8 Å². The van der Waals surface area contributed by atoms with Crippen LogP contribution in [0.5, 0.6) is 0 Å². The smallest absolute Gasteiger partial charge is 0.185 e. The molecule has 22 heavy (non-hydrogen) atoms. The summed E-state index contributed by atoms with van der Waals surface area (Å²) in [7, 11) is 2.18. The van der Waals surface area contributed by atoms with Crippen molar-refractivity contribution in [3.63, 3.8) is 0 Å². The minimum atomic E-state index is 1.07. The first kappa shape index (κ1) is 13.7. The first-order valence-corrected chi connectivity index (χ1v) is 8.56. The Bertz CT molecular complexity index is 788. The van der Waals surface area contributed by atoms with Gasteiger partial charge < -0.3 is 9.80 Å². The van der Waals surface area contributed by atoms with E-state index in [4.69, 9.17) is 4.98 Å². The van der Waals surface area contributed by atoms with E-state index in [1.54, 1.807) is 11.3 Å². The summed E-state index contributed by atoms with van der Waals surface area (Å²) in [5, 5.41) is 5.88. The molecule has 1 aliphatic rings. The molecule has 0 amide bonds. The number of hydrogen-bond acceptors (Lipinski definition) is 4. The van der Waals surface area contributed by atoms with Gasteiger partial charge in [0.15, 0.2) is 5.13 Å². The Kier molecular flexibility index (Phi) is 3.56. The van der Waals surface area contributed by atoms with E-state index in [0.29, 0.717) is 0 Å². The van der Waals surface area contributed by atoms with Crippen molar-refractivity contribution in [3.05, 3.63) is 47.8 Å². The highest BCUT2D eigenvalue weighted by atomic mass is 32.1. The van der Waals surface area contributed by atoms with Crippen molar-refractivity contribution < 1.29 is 0 Å². The number of hydrogen-bond donors (Lipinski definition) is 0. The van der Waals surface area contributed by atoms with Gasteiger partial charge in [-0.25, -0.2) is 4.98 Å². The summed E-state index contributed by atoms with van der Waals surface area (Å²) in [5.74, 6) is 0. The van der Waals surface area contributed by atoms with E-state index in [9.17, 15) is 0 Å². The van der Waals surface area contributed by atoms with Crippen molar-refractivity contribution in [2.75, 3.05) is 38.1 Å². The van der Waals surface area contributed by atoms with Crippen molar-refractivity contribution in [3.8, 4) is 11.3 Å². The highest BCUT2D eigenvalue weighted by Crippen LogP contribution is 2.29. The fourth-order valence-corrected chi connectivity index (χ4v) is 3.78. The molecule has 1 saturated heterocycles. The minimum Gasteiger partial charge on any atom is -0.346 e. The van der Waals surface area contributed by atoms with Gasteiger partial charge in [0.25, 0.3) is 0 Å². The molecule has 0 N–H and O–H groups in total. The second-order valence-corrected chi connectivity index (χ2v) is 6.70. The Morgan fingerprint density at radius 2 is 1.73 bits per heavy atom. The quantitative estimate of drug-likeness (QED) is 0.719. The van der Waals surface area contributed by atoms with Crippen LogP contribution in [0.1, 0.15) is 0 Å². The van der Waals surface area contributed by atoms with Gasteiger partial charge >= 0.3 is 0 Å². The van der Waals surface area contributed by atoms with Gasteiger partial charge in [0.05, 0.1) is 5.69 Å². The van der Waals surface area contributed by atoms with Gasteiger partial charge in [-0.3, -0.25) is 0 Å². The van der Waals surface area contributed by atoms with Crippen LogP contribution in [0.25, 0.3) is 22.0 Å². The number of nitrogens with zero attached hydrogens (tertiary/aromatic N) is 3. The maximum absolute atomic E-state index is 4.86. The Balaban J connectivity index is 1.62. The molecule has 2 heterocycles. The van der Waals surface area contributed by atoms with Gasteiger partial charge in [-0.2, -0.15) is 0 Å². The predicted octanol–water partition coefficient (Wildman–Crippen LogP) is 3.72. The van der Waals surface area contributed by atoms with Gasteiger partial charge in [-0.1, -0.05) is 36.4 Å². The fourth-order valence-electron chi connectivity index (χ4n) is 2.89. The van der Waals surface area contributed by atoms with Crippen LogP contribution in [0.2, 0.25) is 0 Å². The Labute approximate surface area is 134 Å². The molecule has 0 aliphatic carbocycles. The molecule has 3 aromatic rings. The standard InChI is InChI=1S/C18H19N3S/c1-20-8-10-21(11-9-20)18-19-17(13-22-18)16-7-6-14-4-2-3-5-15(14)12-16/h2-7,12-13H,8-11H2,1H3. The molecule has 2 aromatic carbocycles. The van der Waals surface area contributed by atoms with Crippen LogP contribution >= 0.6 is 11.3 Å². The van der Waals surface area contributed by atoms with Crippen LogP contribution in [-0.2, 0) is 0 Å². The zero-order valence-corrected chi connectivity index (χ0v) is 13.5. The molecular weight excluding hydrogens is 290 g/mol. The maximum atomic E-state index is 4.86. The van der Waals surface area contributed by atoms with E-state index < -0.39 is 0 Å². The third-order valence-corrected chi connectivity index (χ3v) is 5.21. The lowest BCUT2D eigenvalue weighted by atomic mass is 10.1. The number of piperazine rings is 1. The number of aromatic nitrogens is 1. The summed E-state index contributed by atoms with van der Waals surface area (Å²) >= 11 is 1.75. The maximum Gasteiger partial charge on any atom is 0.185 e. The number of rotatable bonds is 2. The summed E-state index contributed by atoms with van der Waals surface area (Å²) in [5.41, 5.74) is 2.29. The van der Waals surface area contributed by atoms with Gasteiger partial charge in [0.2, 0.25) is 0 Å². The van der Waals surface area contributed by atoms with Crippen molar-refractivity contribution in [1.29, 1.82) is 0 Å². The molecule has 1 aromatic heterocycles. The molecule has 0 radical (unpaired) electrons. The normalized spacial score (nSPS) is 16.3. The molecule has 112 valence electrons. The first-order chi connectivity index (χ1) is 10.8.